The minimum absolute atomic E-state index is 0.0405. The highest BCUT2D eigenvalue weighted by molar-refractivity contribution is 5.78. The Morgan fingerprint density at radius 2 is 2.38 bits per heavy atom. The second kappa shape index (κ2) is 3.98. The highest BCUT2D eigenvalue weighted by Gasteiger charge is 2.07. The van der Waals surface area contributed by atoms with Gasteiger partial charge in [0.25, 0.3) is 0 Å². The number of rotatable bonds is 2. The topological polar surface area (TPSA) is 54.3 Å². The Morgan fingerprint density at radius 3 is 2.85 bits per heavy atom. The van der Waals surface area contributed by atoms with Crippen LogP contribution in [0.3, 0.4) is 0 Å². The lowest BCUT2D eigenvalue weighted by Gasteiger charge is -2.08. The van der Waals surface area contributed by atoms with Crippen molar-refractivity contribution >= 4 is 6.03 Å². The van der Waals surface area contributed by atoms with E-state index >= 15 is 0 Å². The zero-order chi connectivity index (χ0) is 9.84. The van der Waals surface area contributed by atoms with E-state index < -0.39 is 0 Å². The molecule has 13 heavy (non-hydrogen) atoms. The van der Waals surface area contributed by atoms with E-state index in [1.54, 1.807) is 6.07 Å². The number of aromatic nitrogens is 1. The number of hydrogen-bond acceptors (Lipinski definition) is 2. The van der Waals surface area contributed by atoms with Crippen LogP contribution in [0, 0.1) is 5.92 Å². The summed E-state index contributed by atoms with van der Waals surface area (Å²) in [6, 6.07) is 2.79. The SMILES string of the molecule is CC(C)CNC(=O)n1cccc1O. The summed E-state index contributed by atoms with van der Waals surface area (Å²) in [6.45, 7) is 4.63. The molecular weight excluding hydrogens is 168 g/mol. The Hall–Kier alpha value is -1.45. The molecule has 72 valence electrons. The lowest BCUT2D eigenvalue weighted by molar-refractivity contribution is 0.238. The average molecular weight is 182 g/mol. The Labute approximate surface area is 77.2 Å². The molecule has 0 aromatic carbocycles. The number of carbonyl (C=O) groups excluding carboxylic acids is 1. The van der Waals surface area contributed by atoms with E-state index in [1.807, 2.05) is 13.8 Å². The van der Waals surface area contributed by atoms with Crippen molar-refractivity contribution in [3.8, 4) is 5.88 Å². The van der Waals surface area contributed by atoms with Gasteiger partial charge in [0.15, 0.2) is 5.88 Å². The molecule has 0 bridgehead atoms. The third-order valence-corrected chi connectivity index (χ3v) is 1.61. The molecule has 4 nitrogen and oxygen atoms in total. The van der Waals surface area contributed by atoms with Crippen molar-refractivity contribution in [2.24, 2.45) is 5.92 Å². The van der Waals surface area contributed by atoms with Crippen molar-refractivity contribution in [1.29, 1.82) is 0 Å². The Morgan fingerprint density at radius 1 is 1.69 bits per heavy atom. The largest absolute Gasteiger partial charge is 0.494 e. The van der Waals surface area contributed by atoms with E-state index in [2.05, 4.69) is 5.32 Å². The molecule has 1 aromatic rings. The van der Waals surface area contributed by atoms with Gasteiger partial charge < -0.3 is 10.4 Å². The Kier molecular flexibility index (Phi) is 2.95. The fourth-order valence-corrected chi connectivity index (χ4v) is 0.920. The lowest BCUT2D eigenvalue weighted by atomic mass is 10.2. The van der Waals surface area contributed by atoms with Gasteiger partial charge in [-0.3, -0.25) is 0 Å². The number of amides is 1. The van der Waals surface area contributed by atoms with Gasteiger partial charge in [0.05, 0.1) is 0 Å². The smallest absolute Gasteiger partial charge is 0.328 e. The van der Waals surface area contributed by atoms with E-state index in [0.717, 1.165) is 0 Å². The molecule has 4 heteroatoms. The van der Waals surface area contributed by atoms with Gasteiger partial charge in [-0.1, -0.05) is 13.8 Å². The molecule has 2 N–H and O–H groups in total. The number of aromatic hydroxyl groups is 1. The molecule has 1 rings (SSSR count). The molecule has 0 unspecified atom stereocenters. The average Bonchev–Trinajstić information content (AvgIpc) is 2.47. The first-order valence-electron chi connectivity index (χ1n) is 4.25. The predicted molar refractivity (Wildman–Crippen MR) is 49.7 cm³/mol. The molecule has 1 aromatic heterocycles. The summed E-state index contributed by atoms with van der Waals surface area (Å²) in [4.78, 5) is 11.3. The standard InChI is InChI=1S/C9H14N2O2/c1-7(2)6-10-9(13)11-5-3-4-8(11)12/h3-5,7,12H,6H2,1-2H3,(H,10,13). The van der Waals surface area contributed by atoms with E-state index in [1.165, 1.54) is 16.8 Å². The molecule has 1 heterocycles. The van der Waals surface area contributed by atoms with Gasteiger partial charge in [-0.25, -0.2) is 9.36 Å². The fraction of sp³-hybridized carbons (Fsp3) is 0.444. The molecule has 0 aliphatic heterocycles. The van der Waals surface area contributed by atoms with Crippen LogP contribution in [0.25, 0.3) is 0 Å². The van der Waals surface area contributed by atoms with Gasteiger partial charge in [-0.05, 0) is 12.0 Å². The molecule has 0 atom stereocenters. The molecule has 0 saturated carbocycles. The van der Waals surface area contributed by atoms with E-state index in [0.29, 0.717) is 12.5 Å². The summed E-state index contributed by atoms with van der Waals surface area (Å²) in [6.07, 6.45) is 1.52. The molecular formula is C9H14N2O2. The molecule has 0 spiro atoms. The van der Waals surface area contributed by atoms with Crippen molar-refractivity contribution in [1.82, 2.24) is 9.88 Å². The number of carbonyl (C=O) groups is 1. The number of nitrogens with one attached hydrogen (secondary N) is 1. The number of hydrogen-bond donors (Lipinski definition) is 2. The Bertz CT molecular complexity index is 292. The lowest BCUT2D eigenvalue weighted by Crippen LogP contribution is -2.30. The van der Waals surface area contributed by atoms with Gasteiger partial charge in [-0.15, -0.1) is 0 Å². The highest BCUT2D eigenvalue weighted by Crippen LogP contribution is 2.07. The first-order valence-corrected chi connectivity index (χ1v) is 4.25. The van der Waals surface area contributed by atoms with Gasteiger partial charge in [-0.2, -0.15) is 0 Å². The first-order chi connectivity index (χ1) is 6.11. The summed E-state index contributed by atoms with van der Waals surface area (Å²) in [5.41, 5.74) is 0. The fourth-order valence-electron chi connectivity index (χ4n) is 0.920. The minimum Gasteiger partial charge on any atom is -0.494 e. The van der Waals surface area contributed by atoms with Gasteiger partial charge in [0, 0.05) is 18.8 Å². The number of nitrogens with zero attached hydrogens (tertiary/aromatic N) is 1. The third kappa shape index (κ3) is 2.50. The van der Waals surface area contributed by atoms with Gasteiger partial charge in [0.2, 0.25) is 0 Å². The van der Waals surface area contributed by atoms with Crippen LogP contribution in [-0.4, -0.2) is 22.2 Å². The van der Waals surface area contributed by atoms with Crippen LogP contribution >= 0.6 is 0 Å². The van der Waals surface area contributed by atoms with Crippen LogP contribution in [0.4, 0.5) is 4.79 Å². The maximum absolute atomic E-state index is 11.3. The first kappa shape index (κ1) is 9.64. The van der Waals surface area contributed by atoms with Crippen LogP contribution in [0.15, 0.2) is 18.3 Å². The van der Waals surface area contributed by atoms with E-state index in [9.17, 15) is 9.90 Å². The second-order valence-corrected chi connectivity index (χ2v) is 3.32. The van der Waals surface area contributed by atoms with Crippen LogP contribution in [0.5, 0.6) is 5.88 Å². The van der Waals surface area contributed by atoms with Crippen LogP contribution in [0.1, 0.15) is 13.8 Å². The van der Waals surface area contributed by atoms with Crippen LogP contribution in [0.2, 0.25) is 0 Å². The van der Waals surface area contributed by atoms with E-state index in [-0.39, 0.29) is 11.9 Å². The van der Waals surface area contributed by atoms with E-state index in [4.69, 9.17) is 0 Å². The van der Waals surface area contributed by atoms with Gasteiger partial charge >= 0.3 is 6.03 Å². The molecule has 0 radical (unpaired) electrons. The summed E-state index contributed by atoms with van der Waals surface area (Å²) >= 11 is 0. The molecule has 0 aliphatic rings. The summed E-state index contributed by atoms with van der Waals surface area (Å²) in [7, 11) is 0. The third-order valence-electron chi connectivity index (χ3n) is 1.61. The summed E-state index contributed by atoms with van der Waals surface area (Å²) < 4.78 is 1.17. The van der Waals surface area contributed by atoms with Crippen LogP contribution in [-0.2, 0) is 0 Å². The van der Waals surface area contributed by atoms with Gasteiger partial charge in [0.1, 0.15) is 0 Å². The monoisotopic (exact) mass is 182 g/mol. The van der Waals surface area contributed by atoms with Crippen molar-refractivity contribution in [3.63, 3.8) is 0 Å². The Balaban J connectivity index is 2.54. The highest BCUT2D eigenvalue weighted by atomic mass is 16.3. The minimum atomic E-state index is -0.295. The summed E-state index contributed by atoms with van der Waals surface area (Å²) in [5, 5.41) is 11.9. The maximum atomic E-state index is 11.3. The van der Waals surface area contributed by atoms with Crippen LogP contribution < -0.4 is 5.32 Å². The van der Waals surface area contributed by atoms with Crippen molar-refractivity contribution < 1.29 is 9.90 Å². The normalized spacial score (nSPS) is 10.4. The zero-order valence-electron chi connectivity index (χ0n) is 7.82. The molecule has 0 fully saturated rings. The summed E-state index contributed by atoms with van der Waals surface area (Å²) in [5.74, 6) is 0.364. The molecule has 1 amide bonds. The van der Waals surface area contributed by atoms with Crippen molar-refractivity contribution in [2.45, 2.75) is 13.8 Å². The van der Waals surface area contributed by atoms with Crippen molar-refractivity contribution in [3.05, 3.63) is 18.3 Å². The molecule has 0 saturated heterocycles. The zero-order valence-corrected chi connectivity index (χ0v) is 7.82. The maximum Gasteiger partial charge on any atom is 0.328 e. The van der Waals surface area contributed by atoms with Crippen molar-refractivity contribution in [2.75, 3.05) is 6.54 Å². The second-order valence-electron chi connectivity index (χ2n) is 3.32. The quantitative estimate of drug-likeness (QED) is 0.726. The predicted octanol–water partition coefficient (Wildman–Crippen LogP) is 1.41. The molecule has 0 aliphatic carbocycles.